The summed E-state index contributed by atoms with van der Waals surface area (Å²) in [6.07, 6.45) is 0. The second-order valence-electron chi connectivity index (χ2n) is 4.21. The topological polar surface area (TPSA) is 41.0 Å². The van der Waals surface area contributed by atoms with Crippen molar-refractivity contribution in [1.82, 2.24) is 14.7 Å². The fourth-order valence-corrected chi connectivity index (χ4v) is 2.21. The van der Waals surface area contributed by atoms with Crippen molar-refractivity contribution in [1.29, 1.82) is 0 Å². The standard InChI is InChI=1S/C12H13N3O/c1-14-7-10-11(8-14)15(13-12(10)16)9-5-3-2-4-6-9/h2-6H,7-8H2,1H3,(H,13,16). The summed E-state index contributed by atoms with van der Waals surface area (Å²) in [7, 11) is 2.02. The van der Waals surface area contributed by atoms with Crippen LogP contribution >= 0.6 is 0 Å². The highest BCUT2D eigenvalue weighted by Gasteiger charge is 2.24. The third kappa shape index (κ3) is 1.31. The lowest BCUT2D eigenvalue weighted by Crippen LogP contribution is -2.16. The summed E-state index contributed by atoms with van der Waals surface area (Å²) in [5.41, 5.74) is 3.02. The summed E-state index contributed by atoms with van der Waals surface area (Å²) in [4.78, 5) is 13.9. The molecular weight excluding hydrogens is 202 g/mol. The van der Waals surface area contributed by atoms with Gasteiger partial charge in [0, 0.05) is 13.1 Å². The van der Waals surface area contributed by atoms with E-state index in [2.05, 4.69) is 10.00 Å². The summed E-state index contributed by atoms with van der Waals surface area (Å²) >= 11 is 0. The maximum absolute atomic E-state index is 11.7. The monoisotopic (exact) mass is 215 g/mol. The van der Waals surface area contributed by atoms with E-state index in [9.17, 15) is 4.79 Å². The van der Waals surface area contributed by atoms with Gasteiger partial charge in [-0.15, -0.1) is 0 Å². The minimum Gasteiger partial charge on any atom is -0.296 e. The molecule has 4 heteroatoms. The quantitative estimate of drug-likeness (QED) is 0.774. The molecule has 1 aromatic heterocycles. The highest BCUT2D eigenvalue weighted by atomic mass is 16.1. The summed E-state index contributed by atoms with van der Waals surface area (Å²) in [6.45, 7) is 1.56. The Labute approximate surface area is 93.1 Å². The van der Waals surface area contributed by atoms with Crippen LogP contribution in [0.1, 0.15) is 11.3 Å². The van der Waals surface area contributed by atoms with Crippen molar-refractivity contribution in [3.8, 4) is 5.69 Å². The van der Waals surface area contributed by atoms with E-state index in [1.165, 1.54) is 0 Å². The van der Waals surface area contributed by atoms with Crippen LogP contribution in [0.3, 0.4) is 0 Å². The van der Waals surface area contributed by atoms with E-state index in [1.54, 1.807) is 0 Å². The van der Waals surface area contributed by atoms with Gasteiger partial charge in [0.15, 0.2) is 0 Å². The van der Waals surface area contributed by atoms with Gasteiger partial charge in [-0.3, -0.25) is 19.5 Å². The van der Waals surface area contributed by atoms with Gasteiger partial charge in [-0.2, -0.15) is 0 Å². The molecule has 0 bridgehead atoms. The average Bonchev–Trinajstić information content (AvgIpc) is 2.80. The number of benzene rings is 1. The number of nitrogens with one attached hydrogen (secondary N) is 1. The Hall–Kier alpha value is -1.81. The fraction of sp³-hybridized carbons (Fsp3) is 0.250. The Morgan fingerprint density at radius 3 is 2.69 bits per heavy atom. The summed E-state index contributed by atoms with van der Waals surface area (Å²) in [5, 5.41) is 2.89. The second kappa shape index (κ2) is 3.35. The molecule has 1 aliphatic heterocycles. The lowest BCUT2D eigenvalue weighted by atomic mass is 10.3. The molecule has 0 saturated heterocycles. The molecule has 2 heterocycles. The average molecular weight is 215 g/mol. The van der Waals surface area contributed by atoms with Crippen molar-refractivity contribution in [2.75, 3.05) is 7.05 Å². The van der Waals surface area contributed by atoms with Crippen LogP contribution in [0.15, 0.2) is 35.1 Å². The third-order valence-electron chi connectivity index (χ3n) is 2.97. The van der Waals surface area contributed by atoms with Gasteiger partial charge in [0.1, 0.15) is 0 Å². The lowest BCUT2D eigenvalue weighted by molar-refractivity contribution is 0.345. The molecule has 0 unspecified atom stereocenters. The zero-order valence-electron chi connectivity index (χ0n) is 9.10. The van der Waals surface area contributed by atoms with Crippen molar-refractivity contribution < 1.29 is 0 Å². The smallest absolute Gasteiger partial charge is 0.269 e. The highest BCUT2D eigenvalue weighted by Crippen LogP contribution is 2.20. The normalized spacial score (nSPS) is 15.3. The Morgan fingerprint density at radius 2 is 1.94 bits per heavy atom. The van der Waals surface area contributed by atoms with E-state index < -0.39 is 0 Å². The van der Waals surface area contributed by atoms with Crippen molar-refractivity contribution >= 4 is 0 Å². The molecule has 1 N–H and O–H groups in total. The molecule has 0 aliphatic carbocycles. The van der Waals surface area contributed by atoms with Gasteiger partial charge < -0.3 is 0 Å². The highest BCUT2D eigenvalue weighted by molar-refractivity contribution is 5.36. The molecule has 0 amide bonds. The van der Waals surface area contributed by atoms with Gasteiger partial charge in [0.05, 0.1) is 16.9 Å². The third-order valence-corrected chi connectivity index (χ3v) is 2.97. The minimum atomic E-state index is 0.0307. The van der Waals surface area contributed by atoms with Crippen molar-refractivity contribution in [3.05, 3.63) is 51.9 Å². The first kappa shape index (κ1) is 9.42. The van der Waals surface area contributed by atoms with Crippen LogP contribution in [0.2, 0.25) is 0 Å². The summed E-state index contributed by atoms with van der Waals surface area (Å²) in [5.74, 6) is 0. The SMILES string of the molecule is CN1Cc2c(n(-c3ccccc3)[nH]c2=O)C1. The first-order valence-electron chi connectivity index (χ1n) is 5.32. The molecule has 1 aromatic carbocycles. The molecule has 1 aliphatic rings. The zero-order valence-corrected chi connectivity index (χ0v) is 9.10. The number of aromatic nitrogens is 2. The Kier molecular flexibility index (Phi) is 1.97. The Balaban J connectivity index is 2.18. The number of hydrogen-bond acceptors (Lipinski definition) is 2. The summed E-state index contributed by atoms with van der Waals surface area (Å²) < 4.78 is 1.89. The van der Waals surface area contributed by atoms with Crippen molar-refractivity contribution in [2.24, 2.45) is 0 Å². The number of rotatable bonds is 1. The summed E-state index contributed by atoms with van der Waals surface area (Å²) in [6, 6.07) is 9.90. The predicted molar refractivity (Wildman–Crippen MR) is 61.6 cm³/mol. The van der Waals surface area contributed by atoms with Crippen LogP contribution in [0, 0.1) is 0 Å². The Morgan fingerprint density at radius 1 is 1.19 bits per heavy atom. The number of hydrogen-bond donors (Lipinski definition) is 1. The van der Waals surface area contributed by atoms with Crippen LogP contribution in [0.25, 0.3) is 5.69 Å². The largest absolute Gasteiger partial charge is 0.296 e. The van der Waals surface area contributed by atoms with Crippen LogP contribution < -0.4 is 5.56 Å². The zero-order chi connectivity index (χ0) is 11.1. The van der Waals surface area contributed by atoms with E-state index >= 15 is 0 Å². The van der Waals surface area contributed by atoms with Crippen LogP contribution in [-0.4, -0.2) is 21.7 Å². The maximum Gasteiger partial charge on any atom is 0.269 e. The predicted octanol–water partition coefficient (Wildman–Crippen LogP) is 1.11. The van der Waals surface area contributed by atoms with Gasteiger partial charge in [-0.25, -0.2) is 0 Å². The number of H-pyrrole nitrogens is 1. The molecule has 3 rings (SSSR count). The molecule has 16 heavy (non-hydrogen) atoms. The molecule has 2 aromatic rings. The van der Waals surface area contributed by atoms with Crippen LogP contribution in [-0.2, 0) is 13.1 Å². The molecule has 82 valence electrons. The van der Waals surface area contributed by atoms with E-state index in [1.807, 2.05) is 42.1 Å². The van der Waals surface area contributed by atoms with Crippen LogP contribution in [0.5, 0.6) is 0 Å². The second-order valence-corrected chi connectivity index (χ2v) is 4.21. The van der Waals surface area contributed by atoms with E-state index in [4.69, 9.17) is 0 Å². The van der Waals surface area contributed by atoms with Crippen molar-refractivity contribution in [2.45, 2.75) is 13.1 Å². The number of aromatic amines is 1. The molecule has 0 radical (unpaired) electrons. The molecule has 4 nitrogen and oxygen atoms in total. The number of nitrogens with zero attached hydrogens (tertiary/aromatic N) is 2. The van der Waals surface area contributed by atoms with E-state index in [0.717, 1.165) is 30.0 Å². The first-order chi connectivity index (χ1) is 7.75. The number of fused-ring (bicyclic) bond motifs is 1. The van der Waals surface area contributed by atoms with Gasteiger partial charge in [0.25, 0.3) is 5.56 Å². The van der Waals surface area contributed by atoms with E-state index in [0.29, 0.717) is 0 Å². The minimum absolute atomic E-state index is 0.0307. The molecule has 0 atom stereocenters. The van der Waals surface area contributed by atoms with Gasteiger partial charge in [-0.05, 0) is 19.2 Å². The van der Waals surface area contributed by atoms with Gasteiger partial charge in [0.2, 0.25) is 0 Å². The molecule has 0 spiro atoms. The fourth-order valence-electron chi connectivity index (χ4n) is 2.21. The maximum atomic E-state index is 11.7. The lowest BCUT2D eigenvalue weighted by Gasteiger charge is -2.09. The Bertz CT molecular complexity index is 568. The van der Waals surface area contributed by atoms with Crippen molar-refractivity contribution in [3.63, 3.8) is 0 Å². The molecule has 0 saturated carbocycles. The van der Waals surface area contributed by atoms with Gasteiger partial charge >= 0.3 is 0 Å². The van der Waals surface area contributed by atoms with E-state index in [-0.39, 0.29) is 5.56 Å². The first-order valence-corrected chi connectivity index (χ1v) is 5.32. The van der Waals surface area contributed by atoms with Crippen LogP contribution in [0.4, 0.5) is 0 Å². The molecule has 0 fully saturated rings. The number of para-hydroxylation sites is 1. The molecular formula is C12H13N3O. The van der Waals surface area contributed by atoms with Gasteiger partial charge in [-0.1, -0.05) is 18.2 Å².